The van der Waals surface area contributed by atoms with Crippen molar-refractivity contribution in [3.63, 3.8) is 0 Å². The van der Waals surface area contributed by atoms with Crippen molar-refractivity contribution in [1.82, 2.24) is 25.2 Å². The van der Waals surface area contributed by atoms with E-state index < -0.39 is 6.04 Å². The molecule has 2 rings (SSSR count). The molecule has 0 radical (unpaired) electrons. The number of aromatic nitrogens is 3. The van der Waals surface area contributed by atoms with E-state index in [1.54, 1.807) is 4.52 Å². The lowest BCUT2D eigenvalue weighted by Gasteiger charge is -2.16. The van der Waals surface area contributed by atoms with E-state index in [0.717, 1.165) is 17.0 Å². The average molecular weight is 421 g/mol. The summed E-state index contributed by atoms with van der Waals surface area (Å²) in [5.74, 6) is -0.690. The number of aryl methyl sites for hydroxylation is 2. The third kappa shape index (κ3) is 5.95. The minimum absolute atomic E-state index is 0. The minimum atomic E-state index is -0.644. The standard InChI is InChI=1S/C16H24N6O3.2ClH/c1-8(2)15(17)16(25)19-7-14(24)18-6-11-9(3)20-12-5-13(23)21-22(12)10(11)4;;/h5,8,15H,6-7,17H2,1-4H3,(H,18,24)(H,19,25)(H,21,23);2*1H/t15-;;/m0../s1. The maximum Gasteiger partial charge on any atom is 0.266 e. The summed E-state index contributed by atoms with van der Waals surface area (Å²) in [7, 11) is 0. The van der Waals surface area contributed by atoms with Crippen molar-refractivity contribution in [3.8, 4) is 0 Å². The summed E-state index contributed by atoms with van der Waals surface area (Å²) >= 11 is 0. The maximum absolute atomic E-state index is 12.0. The van der Waals surface area contributed by atoms with Gasteiger partial charge in [0.05, 0.1) is 12.6 Å². The van der Waals surface area contributed by atoms with Crippen molar-refractivity contribution in [2.75, 3.05) is 6.54 Å². The molecule has 2 aromatic rings. The number of nitrogens with zero attached hydrogens (tertiary/aromatic N) is 2. The molecule has 0 saturated heterocycles. The number of hydrogen-bond acceptors (Lipinski definition) is 5. The van der Waals surface area contributed by atoms with E-state index in [1.807, 2.05) is 27.7 Å². The first-order chi connectivity index (χ1) is 11.7. The van der Waals surface area contributed by atoms with Gasteiger partial charge in [0.15, 0.2) is 5.65 Å². The van der Waals surface area contributed by atoms with E-state index in [0.29, 0.717) is 5.65 Å². The van der Waals surface area contributed by atoms with Gasteiger partial charge in [0, 0.05) is 29.6 Å². The van der Waals surface area contributed by atoms with Gasteiger partial charge in [0.25, 0.3) is 5.56 Å². The number of H-pyrrole nitrogens is 1. The van der Waals surface area contributed by atoms with Gasteiger partial charge in [-0.2, -0.15) is 0 Å². The van der Waals surface area contributed by atoms with Gasteiger partial charge in [-0.25, -0.2) is 9.50 Å². The molecule has 0 unspecified atom stereocenters. The monoisotopic (exact) mass is 420 g/mol. The summed E-state index contributed by atoms with van der Waals surface area (Å²) in [5, 5.41) is 7.91. The topological polar surface area (TPSA) is 134 Å². The smallest absolute Gasteiger partial charge is 0.266 e. The molecule has 0 aliphatic heterocycles. The molecule has 0 saturated carbocycles. The Morgan fingerprint density at radius 3 is 2.48 bits per heavy atom. The Kier molecular flexibility index (Phi) is 9.49. The van der Waals surface area contributed by atoms with Gasteiger partial charge in [0.1, 0.15) is 0 Å². The zero-order valence-electron chi connectivity index (χ0n) is 15.7. The molecule has 0 aromatic carbocycles. The average Bonchev–Trinajstić information content (AvgIpc) is 2.91. The zero-order valence-corrected chi connectivity index (χ0v) is 17.3. The highest BCUT2D eigenvalue weighted by Crippen LogP contribution is 2.12. The van der Waals surface area contributed by atoms with E-state index in [-0.39, 0.29) is 61.2 Å². The molecule has 5 N–H and O–H groups in total. The van der Waals surface area contributed by atoms with Crippen LogP contribution in [0, 0.1) is 19.8 Å². The molecule has 9 nitrogen and oxygen atoms in total. The van der Waals surface area contributed by atoms with E-state index in [9.17, 15) is 14.4 Å². The van der Waals surface area contributed by atoms with Gasteiger partial charge in [-0.1, -0.05) is 13.8 Å². The second-order valence-electron chi connectivity index (χ2n) is 6.34. The van der Waals surface area contributed by atoms with Crippen LogP contribution < -0.4 is 21.9 Å². The first-order valence-corrected chi connectivity index (χ1v) is 8.08. The molecule has 11 heteroatoms. The van der Waals surface area contributed by atoms with Gasteiger partial charge >= 0.3 is 0 Å². The van der Waals surface area contributed by atoms with Gasteiger partial charge in [-0.15, -0.1) is 24.8 Å². The Labute approximate surface area is 169 Å². The van der Waals surface area contributed by atoms with Crippen LogP contribution in [0.3, 0.4) is 0 Å². The lowest BCUT2D eigenvalue weighted by atomic mass is 10.1. The number of nitrogens with one attached hydrogen (secondary N) is 3. The predicted molar refractivity (Wildman–Crippen MR) is 107 cm³/mol. The zero-order chi connectivity index (χ0) is 18.7. The predicted octanol–water partition coefficient (Wildman–Crippen LogP) is 0.199. The Balaban J connectivity index is 0.00000338. The molecule has 2 heterocycles. The number of fused-ring (bicyclic) bond motifs is 1. The van der Waals surface area contributed by atoms with Gasteiger partial charge in [0.2, 0.25) is 11.8 Å². The number of carbonyl (C=O) groups excluding carboxylic acids is 2. The highest BCUT2D eigenvalue weighted by molar-refractivity contribution is 5.87. The Morgan fingerprint density at radius 1 is 1.26 bits per heavy atom. The second-order valence-corrected chi connectivity index (χ2v) is 6.34. The Bertz CT molecular complexity index is 862. The minimum Gasteiger partial charge on any atom is -0.350 e. The fraction of sp³-hybridized carbons (Fsp3) is 0.500. The molecule has 2 aromatic heterocycles. The summed E-state index contributed by atoms with van der Waals surface area (Å²) in [5.41, 5.74) is 8.33. The number of nitrogens with two attached hydrogens (primary N) is 1. The quantitative estimate of drug-likeness (QED) is 0.529. The van der Waals surface area contributed by atoms with Crippen molar-refractivity contribution in [2.24, 2.45) is 11.7 Å². The number of rotatable bonds is 6. The highest BCUT2D eigenvalue weighted by Gasteiger charge is 2.18. The molecule has 0 aliphatic carbocycles. The molecule has 0 bridgehead atoms. The molecule has 2 amide bonds. The molecule has 27 heavy (non-hydrogen) atoms. The Morgan fingerprint density at radius 2 is 1.89 bits per heavy atom. The van der Waals surface area contributed by atoms with Crippen molar-refractivity contribution >= 4 is 42.3 Å². The molecule has 0 aliphatic rings. The van der Waals surface area contributed by atoms with Gasteiger partial charge in [-0.05, 0) is 19.8 Å². The van der Waals surface area contributed by atoms with E-state index in [1.165, 1.54) is 6.07 Å². The lowest BCUT2D eigenvalue weighted by molar-refractivity contribution is -0.127. The molecular weight excluding hydrogens is 395 g/mol. The lowest BCUT2D eigenvalue weighted by Crippen LogP contribution is -2.47. The highest BCUT2D eigenvalue weighted by atomic mass is 35.5. The fourth-order valence-corrected chi connectivity index (χ4v) is 2.45. The van der Waals surface area contributed by atoms with Crippen LogP contribution in [-0.4, -0.2) is 39.0 Å². The van der Waals surface area contributed by atoms with Crippen molar-refractivity contribution in [1.29, 1.82) is 0 Å². The number of hydrogen-bond donors (Lipinski definition) is 4. The van der Waals surface area contributed by atoms with Crippen molar-refractivity contribution in [2.45, 2.75) is 40.3 Å². The number of aromatic amines is 1. The van der Waals surface area contributed by atoms with Gasteiger partial charge in [-0.3, -0.25) is 19.5 Å². The molecular formula is C16H26Cl2N6O3. The number of halogens is 2. The normalized spacial score (nSPS) is 11.5. The van der Waals surface area contributed by atoms with Crippen LogP contribution in [0.1, 0.15) is 30.8 Å². The van der Waals surface area contributed by atoms with Gasteiger partial charge < -0.3 is 16.4 Å². The summed E-state index contributed by atoms with van der Waals surface area (Å²) in [6, 6.07) is 0.769. The number of carbonyl (C=O) groups is 2. The summed E-state index contributed by atoms with van der Waals surface area (Å²) in [4.78, 5) is 39.5. The van der Waals surface area contributed by atoms with E-state index in [2.05, 4.69) is 20.7 Å². The van der Waals surface area contributed by atoms with E-state index in [4.69, 9.17) is 5.73 Å². The molecule has 0 spiro atoms. The fourth-order valence-electron chi connectivity index (χ4n) is 2.45. The van der Waals surface area contributed by atoms with E-state index >= 15 is 0 Å². The third-order valence-corrected chi connectivity index (χ3v) is 4.11. The Hall–Kier alpha value is -2.10. The third-order valence-electron chi connectivity index (χ3n) is 4.11. The maximum atomic E-state index is 12.0. The first-order valence-electron chi connectivity index (χ1n) is 8.08. The van der Waals surface area contributed by atoms with Crippen LogP contribution in [0.4, 0.5) is 0 Å². The second kappa shape index (κ2) is 10.3. The summed E-state index contributed by atoms with van der Waals surface area (Å²) in [6.45, 7) is 7.42. The van der Waals surface area contributed by atoms with Crippen LogP contribution in [0.15, 0.2) is 10.9 Å². The summed E-state index contributed by atoms with van der Waals surface area (Å²) < 4.78 is 1.58. The van der Waals surface area contributed by atoms with Crippen LogP contribution in [0.25, 0.3) is 5.65 Å². The molecule has 152 valence electrons. The van der Waals surface area contributed by atoms with Crippen LogP contribution in [-0.2, 0) is 16.1 Å². The van der Waals surface area contributed by atoms with Crippen LogP contribution >= 0.6 is 24.8 Å². The summed E-state index contributed by atoms with van der Waals surface area (Å²) in [6.07, 6.45) is 0. The number of amides is 2. The SMILES string of the molecule is Cc1nc2cc(=O)[nH]n2c(C)c1CNC(=O)CNC(=O)[C@@H](N)C(C)C.Cl.Cl. The first kappa shape index (κ1) is 24.9. The molecule has 0 fully saturated rings. The molecule has 1 atom stereocenters. The van der Waals surface area contributed by atoms with Crippen molar-refractivity contribution < 1.29 is 9.59 Å². The van der Waals surface area contributed by atoms with Crippen LogP contribution in [0.5, 0.6) is 0 Å². The van der Waals surface area contributed by atoms with Crippen LogP contribution in [0.2, 0.25) is 0 Å². The van der Waals surface area contributed by atoms with Crippen molar-refractivity contribution in [3.05, 3.63) is 33.4 Å². The largest absolute Gasteiger partial charge is 0.350 e.